The number of carboxylic acid groups (broad SMARTS) is 1. The van der Waals surface area contributed by atoms with Crippen molar-refractivity contribution in [2.45, 2.75) is 70.4 Å². The van der Waals surface area contributed by atoms with Gasteiger partial charge >= 0.3 is 6.09 Å². The Morgan fingerprint density at radius 3 is 2.60 bits per heavy atom. The number of nitrogens with zero attached hydrogens (tertiary/aromatic N) is 3. The lowest BCUT2D eigenvalue weighted by atomic mass is 9.58. The second-order valence-electron chi connectivity index (χ2n) is 12.8. The molecule has 6 rings (SSSR count). The lowest BCUT2D eigenvalue weighted by Gasteiger charge is -2.50. The Morgan fingerprint density at radius 2 is 1.95 bits per heavy atom. The number of ether oxygens (including phenoxy) is 1. The number of carbonyl (C=O) groups is 2. The number of piperazine rings is 1. The van der Waals surface area contributed by atoms with Gasteiger partial charge in [0.15, 0.2) is 5.78 Å². The number of hydrogen-bond donors (Lipinski definition) is 2. The third-order valence-corrected chi connectivity index (χ3v) is 9.79. The van der Waals surface area contributed by atoms with Gasteiger partial charge in [-0.15, -0.1) is 0 Å². The van der Waals surface area contributed by atoms with E-state index in [2.05, 4.69) is 56.1 Å². The molecular weight excluding hydrogens is 504 g/mol. The number of benzene rings is 2. The van der Waals surface area contributed by atoms with Crippen LogP contribution in [0.1, 0.15) is 79.1 Å². The smallest absolute Gasteiger partial charge is 0.407 e. The van der Waals surface area contributed by atoms with Gasteiger partial charge in [-0.2, -0.15) is 5.26 Å². The summed E-state index contributed by atoms with van der Waals surface area (Å²) in [5.74, 6) is -0.161. The van der Waals surface area contributed by atoms with Crippen molar-refractivity contribution in [3.63, 3.8) is 0 Å². The van der Waals surface area contributed by atoms with Crippen LogP contribution in [0.25, 0.3) is 0 Å². The lowest BCUT2D eigenvalue weighted by Crippen LogP contribution is -2.59. The number of Topliss-reactive ketones (excluding diaryl/α,β-unsaturated/α-hetero) is 1. The molecule has 1 amide bonds. The maximum absolute atomic E-state index is 14.3. The van der Waals surface area contributed by atoms with Crippen molar-refractivity contribution in [2.24, 2.45) is 5.41 Å². The van der Waals surface area contributed by atoms with Crippen LogP contribution in [0.2, 0.25) is 0 Å². The molecule has 40 heavy (non-hydrogen) atoms. The number of aryl methyl sites for hydroxylation is 1. The molecule has 8 nitrogen and oxygen atoms in total. The van der Waals surface area contributed by atoms with Gasteiger partial charge in [-0.05, 0) is 65.6 Å². The molecule has 2 aromatic rings. The number of nitrogens with one attached hydrogen (secondary N) is 1. The molecule has 0 bridgehead atoms. The standard InChI is InChI=1S/C32H38N4O4/c1-5-20-15-22-23(16-25(20)35-10-11-36(30(38)39)26(18-35)31(2,3)4)32(8-12-40-13-9-32)29-27(28(22)37)21-7-6-19(17-33)14-24(21)34-29/h6-7,14-16,26-27,29,34H,5,8-13,18H2,1-4H3,(H,38,39). The molecular formula is C32H38N4O4. The van der Waals surface area contributed by atoms with Crippen molar-refractivity contribution in [1.29, 1.82) is 5.26 Å². The summed E-state index contributed by atoms with van der Waals surface area (Å²) in [5.41, 5.74) is 6.06. The van der Waals surface area contributed by atoms with E-state index in [-0.39, 0.29) is 34.6 Å². The van der Waals surface area contributed by atoms with E-state index in [0.29, 0.717) is 38.4 Å². The molecule has 2 fully saturated rings. The first kappa shape index (κ1) is 26.6. The van der Waals surface area contributed by atoms with Crippen molar-refractivity contribution >= 4 is 23.3 Å². The Balaban J connectivity index is 1.47. The minimum Gasteiger partial charge on any atom is -0.465 e. The molecule has 0 aromatic heterocycles. The lowest BCUT2D eigenvalue weighted by molar-refractivity contribution is 0.0360. The van der Waals surface area contributed by atoms with Crippen molar-refractivity contribution in [3.8, 4) is 6.07 Å². The van der Waals surface area contributed by atoms with Crippen LogP contribution in [0.3, 0.4) is 0 Å². The maximum Gasteiger partial charge on any atom is 0.407 e. The van der Waals surface area contributed by atoms with E-state index in [4.69, 9.17) is 4.74 Å². The molecule has 1 aliphatic carbocycles. The van der Waals surface area contributed by atoms with Gasteiger partial charge in [0, 0.05) is 55.2 Å². The minimum atomic E-state index is -0.870. The van der Waals surface area contributed by atoms with Crippen LogP contribution >= 0.6 is 0 Å². The van der Waals surface area contributed by atoms with Gasteiger partial charge in [0.25, 0.3) is 0 Å². The molecule has 2 aromatic carbocycles. The van der Waals surface area contributed by atoms with Crippen molar-refractivity contribution in [2.75, 3.05) is 43.1 Å². The summed E-state index contributed by atoms with van der Waals surface area (Å²) in [7, 11) is 0. The van der Waals surface area contributed by atoms with Gasteiger partial charge in [0.2, 0.25) is 0 Å². The number of fused-ring (bicyclic) bond motifs is 6. The fraction of sp³-hybridized carbons (Fsp3) is 0.531. The number of rotatable bonds is 2. The summed E-state index contributed by atoms with van der Waals surface area (Å²) >= 11 is 0. The summed E-state index contributed by atoms with van der Waals surface area (Å²) in [6.07, 6.45) is 1.52. The molecule has 4 aliphatic rings. The molecule has 2 N–H and O–H groups in total. The van der Waals surface area contributed by atoms with E-state index < -0.39 is 6.09 Å². The monoisotopic (exact) mass is 542 g/mol. The Labute approximate surface area is 235 Å². The Morgan fingerprint density at radius 1 is 1.20 bits per heavy atom. The van der Waals surface area contributed by atoms with Gasteiger partial charge in [-0.25, -0.2) is 4.79 Å². The highest BCUT2D eigenvalue weighted by Gasteiger charge is 2.56. The molecule has 2 saturated heterocycles. The van der Waals surface area contributed by atoms with Crippen LogP contribution in [0.5, 0.6) is 0 Å². The summed E-state index contributed by atoms with van der Waals surface area (Å²) < 4.78 is 5.85. The van der Waals surface area contributed by atoms with Crippen molar-refractivity contribution in [3.05, 3.63) is 58.1 Å². The summed E-state index contributed by atoms with van der Waals surface area (Å²) in [5, 5.41) is 23.1. The Bertz CT molecular complexity index is 1420. The van der Waals surface area contributed by atoms with Crippen molar-refractivity contribution in [1.82, 2.24) is 4.90 Å². The Kier molecular flexibility index (Phi) is 6.34. The van der Waals surface area contributed by atoms with E-state index in [1.54, 1.807) is 4.90 Å². The largest absolute Gasteiger partial charge is 0.465 e. The Hall–Kier alpha value is -3.57. The zero-order valence-corrected chi connectivity index (χ0v) is 23.8. The van der Waals surface area contributed by atoms with E-state index >= 15 is 0 Å². The number of carbonyl (C=O) groups excluding carboxylic acids is 1. The van der Waals surface area contributed by atoms with E-state index in [9.17, 15) is 20.0 Å². The van der Waals surface area contributed by atoms with E-state index in [0.717, 1.165) is 52.9 Å². The zero-order valence-electron chi connectivity index (χ0n) is 23.8. The van der Waals surface area contributed by atoms with Crippen LogP contribution in [0.4, 0.5) is 16.2 Å². The van der Waals surface area contributed by atoms with Gasteiger partial charge in [0.1, 0.15) is 0 Å². The normalized spacial score (nSPS) is 25.1. The maximum atomic E-state index is 14.3. The molecule has 0 saturated carbocycles. The first-order valence-electron chi connectivity index (χ1n) is 14.4. The summed E-state index contributed by atoms with van der Waals surface area (Å²) in [4.78, 5) is 30.3. The summed E-state index contributed by atoms with van der Waals surface area (Å²) in [6, 6.07) is 12.0. The van der Waals surface area contributed by atoms with E-state index in [1.807, 2.05) is 18.2 Å². The average molecular weight is 543 g/mol. The highest BCUT2D eigenvalue weighted by molar-refractivity contribution is 6.07. The first-order valence-corrected chi connectivity index (χ1v) is 14.4. The fourth-order valence-electron chi connectivity index (χ4n) is 7.65. The highest BCUT2D eigenvalue weighted by Crippen LogP contribution is 2.55. The van der Waals surface area contributed by atoms with Crippen LogP contribution in [0.15, 0.2) is 30.3 Å². The molecule has 8 heteroatoms. The third kappa shape index (κ3) is 3.97. The van der Waals surface area contributed by atoms with Gasteiger partial charge < -0.3 is 25.0 Å². The molecule has 3 atom stereocenters. The van der Waals surface area contributed by atoms with E-state index in [1.165, 1.54) is 0 Å². The zero-order chi connectivity index (χ0) is 28.4. The van der Waals surface area contributed by atoms with Gasteiger partial charge in [-0.1, -0.05) is 33.8 Å². The second-order valence-corrected chi connectivity index (χ2v) is 12.8. The number of amides is 1. The number of hydrogen-bond acceptors (Lipinski definition) is 6. The SMILES string of the molecule is CCc1cc2c(cc1N1CCN(C(=O)O)C(C(C)(C)C)C1)C1(CCOCC1)C1Nc3cc(C#N)ccc3C1C2=O. The molecule has 3 heterocycles. The summed E-state index contributed by atoms with van der Waals surface area (Å²) in [6.45, 7) is 11.3. The fourth-order valence-corrected chi connectivity index (χ4v) is 7.65. The number of nitriles is 1. The molecule has 1 spiro atoms. The van der Waals surface area contributed by atoms with Gasteiger partial charge in [-0.3, -0.25) is 4.79 Å². The predicted octanol–water partition coefficient (Wildman–Crippen LogP) is 5.16. The van der Waals surface area contributed by atoms with Crippen LogP contribution in [-0.2, 0) is 16.6 Å². The van der Waals surface area contributed by atoms with Crippen LogP contribution < -0.4 is 10.2 Å². The molecule has 0 radical (unpaired) electrons. The molecule has 3 unspecified atom stereocenters. The first-order chi connectivity index (χ1) is 19.1. The third-order valence-electron chi connectivity index (χ3n) is 9.79. The predicted molar refractivity (Wildman–Crippen MR) is 153 cm³/mol. The quantitative estimate of drug-likeness (QED) is 0.540. The second kappa shape index (κ2) is 9.52. The topological polar surface area (TPSA) is 106 Å². The highest BCUT2D eigenvalue weighted by atomic mass is 16.5. The number of ketones is 1. The van der Waals surface area contributed by atoms with Gasteiger partial charge in [0.05, 0.1) is 29.6 Å². The molecule has 3 aliphatic heterocycles. The average Bonchev–Trinajstić information content (AvgIpc) is 3.35. The van der Waals surface area contributed by atoms with Crippen molar-refractivity contribution < 1.29 is 19.4 Å². The molecule has 210 valence electrons. The minimum absolute atomic E-state index is 0.105. The van der Waals surface area contributed by atoms with Crippen LogP contribution in [-0.4, -0.2) is 66.8 Å². The number of anilines is 2. The van der Waals surface area contributed by atoms with Crippen LogP contribution in [0, 0.1) is 16.7 Å².